The molecule has 130 valence electrons. The molecule has 0 aliphatic carbocycles. The molecule has 2 heterocycles. The summed E-state index contributed by atoms with van der Waals surface area (Å²) < 4.78 is 1.78. The van der Waals surface area contributed by atoms with E-state index in [4.69, 9.17) is 5.73 Å². The molecule has 25 heavy (non-hydrogen) atoms. The van der Waals surface area contributed by atoms with E-state index >= 15 is 0 Å². The van der Waals surface area contributed by atoms with Gasteiger partial charge in [0.2, 0.25) is 0 Å². The highest BCUT2D eigenvalue weighted by Gasteiger charge is 2.23. The first-order valence-corrected chi connectivity index (χ1v) is 8.46. The van der Waals surface area contributed by atoms with Crippen molar-refractivity contribution in [2.45, 2.75) is 26.8 Å². The van der Waals surface area contributed by atoms with E-state index in [0.29, 0.717) is 41.6 Å². The van der Waals surface area contributed by atoms with E-state index in [2.05, 4.69) is 35.7 Å². The van der Waals surface area contributed by atoms with Crippen LogP contribution in [0.15, 0.2) is 36.9 Å². The minimum Gasteiger partial charge on any atom is -0.384 e. The SMILES string of the molecule is C=CCn1c(N)c(C(=O)NCCC(C)C)c2nc3ccccc3nc21. The summed E-state index contributed by atoms with van der Waals surface area (Å²) in [4.78, 5) is 22.0. The van der Waals surface area contributed by atoms with Gasteiger partial charge in [-0.05, 0) is 24.5 Å². The number of allylic oxidation sites excluding steroid dienone is 1. The topological polar surface area (TPSA) is 85.8 Å². The average molecular weight is 337 g/mol. The largest absolute Gasteiger partial charge is 0.384 e. The zero-order valence-electron chi connectivity index (χ0n) is 14.6. The summed E-state index contributed by atoms with van der Waals surface area (Å²) in [5.74, 6) is 0.672. The number of hydrogen-bond acceptors (Lipinski definition) is 4. The quantitative estimate of drug-likeness (QED) is 0.677. The van der Waals surface area contributed by atoms with Crippen molar-refractivity contribution < 1.29 is 4.79 Å². The molecule has 0 radical (unpaired) electrons. The van der Waals surface area contributed by atoms with Gasteiger partial charge in [0.05, 0.1) is 11.0 Å². The lowest BCUT2D eigenvalue weighted by Gasteiger charge is -2.07. The lowest BCUT2D eigenvalue weighted by atomic mass is 10.1. The number of hydrogen-bond donors (Lipinski definition) is 2. The first kappa shape index (κ1) is 17.0. The molecule has 3 N–H and O–H groups in total. The average Bonchev–Trinajstić information content (AvgIpc) is 2.84. The number of aromatic nitrogens is 3. The Kier molecular flexibility index (Phi) is 4.70. The highest BCUT2D eigenvalue weighted by molar-refractivity contribution is 6.10. The molecule has 1 amide bonds. The molecule has 0 aliphatic heterocycles. The van der Waals surface area contributed by atoms with Crippen LogP contribution in [-0.4, -0.2) is 27.0 Å². The fraction of sp³-hybridized carbons (Fsp3) is 0.316. The lowest BCUT2D eigenvalue weighted by Crippen LogP contribution is -2.26. The first-order valence-electron chi connectivity index (χ1n) is 8.46. The molecule has 0 atom stereocenters. The van der Waals surface area contributed by atoms with Crippen molar-refractivity contribution in [1.29, 1.82) is 0 Å². The summed E-state index contributed by atoms with van der Waals surface area (Å²) in [6.45, 7) is 9.07. The normalized spacial score (nSPS) is 11.3. The molecule has 1 aromatic carbocycles. The zero-order valence-corrected chi connectivity index (χ0v) is 14.6. The van der Waals surface area contributed by atoms with E-state index < -0.39 is 0 Å². The Morgan fingerprint density at radius 1 is 1.32 bits per heavy atom. The summed E-state index contributed by atoms with van der Waals surface area (Å²) in [6, 6.07) is 7.58. The number of nitrogens with two attached hydrogens (primary N) is 1. The van der Waals surface area contributed by atoms with Crippen molar-refractivity contribution in [3.8, 4) is 0 Å². The van der Waals surface area contributed by atoms with Crippen LogP contribution in [0.25, 0.3) is 22.2 Å². The Hall–Kier alpha value is -2.89. The number of benzene rings is 1. The van der Waals surface area contributed by atoms with E-state index in [9.17, 15) is 4.79 Å². The molecular formula is C19H23N5O. The fourth-order valence-electron chi connectivity index (χ4n) is 2.82. The third-order valence-electron chi connectivity index (χ3n) is 4.14. The van der Waals surface area contributed by atoms with Crippen molar-refractivity contribution in [3.05, 3.63) is 42.5 Å². The third-order valence-corrected chi connectivity index (χ3v) is 4.14. The molecular weight excluding hydrogens is 314 g/mol. The van der Waals surface area contributed by atoms with Crippen LogP contribution < -0.4 is 11.1 Å². The molecule has 6 nitrogen and oxygen atoms in total. The van der Waals surface area contributed by atoms with Crippen molar-refractivity contribution in [1.82, 2.24) is 19.9 Å². The Morgan fingerprint density at radius 3 is 2.64 bits per heavy atom. The van der Waals surface area contributed by atoms with Gasteiger partial charge in [0.1, 0.15) is 16.9 Å². The molecule has 3 aromatic rings. The maximum Gasteiger partial charge on any atom is 0.257 e. The number of nitrogen functional groups attached to an aromatic ring is 1. The molecule has 0 saturated heterocycles. The highest BCUT2D eigenvalue weighted by Crippen LogP contribution is 2.27. The monoisotopic (exact) mass is 337 g/mol. The predicted molar refractivity (Wildman–Crippen MR) is 101 cm³/mol. The lowest BCUT2D eigenvalue weighted by molar-refractivity contribution is 0.0954. The van der Waals surface area contributed by atoms with Gasteiger partial charge in [0.15, 0.2) is 5.65 Å². The third kappa shape index (κ3) is 3.20. The molecule has 0 spiro atoms. The van der Waals surface area contributed by atoms with Crippen LogP contribution in [0.4, 0.5) is 5.82 Å². The van der Waals surface area contributed by atoms with Gasteiger partial charge in [-0.15, -0.1) is 6.58 Å². The first-order chi connectivity index (χ1) is 12.0. The minimum atomic E-state index is -0.212. The summed E-state index contributed by atoms with van der Waals surface area (Å²) in [5, 5.41) is 2.94. The van der Waals surface area contributed by atoms with Crippen molar-refractivity contribution in [3.63, 3.8) is 0 Å². The smallest absolute Gasteiger partial charge is 0.257 e. The van der Waals surface area contributed by atoms with E-state index in [1.54, 1.807) is 10.6 Å². The molecule has 3 rings (SSSR count). The van der Waals surface area contributed by atoms with Gasteiger partial charge >= 0.3 is 0 Å². The number of para-hydroxylation sites is 2. The van der Waals surface area contributed by atoms with Crippen LogP contribution in [0.1, 0.15) is 30.6 Å². The summed E-state index contributed by atoms with van der Waals surface area (Å²) in [6.07, 6.45) is 2.64. The maximum atomic E-state index is 12.7. The van der Waals surface area contributed by atoms with Gasteiger partial charge in [0.25, 0.3) is 5.91 Å². The van der Waals surface area contributed by atoms with Crippen LogP contribution in [0, 0.1) is 5.92 Å². The molecule has 0 aliphatic rings. The van der Waals surface area contributed by atoms with E-state index in [1.807, 2.05) is 24.3 Å². The van der Waals surface area contributed by atoms with Gasteiger partial charge in [-0.25, -0.2) is 9.97 Å². The number of fused-ring (bicyclic) bond motifs is 2. The second kappa shape index (κ2) is 6.93. The Morgan fingerprint density at radius 2 is 2.00 bits per heavy atom. The molecule has 6 heteroatoms. The van der Waals surface area contributed by atoms with Gasteiger partial charge in [-0.2, -0.15) is 0 Å². The number of rotatable bonds is 6. The van der Waals surface area contributed by atoms with Gasteiger partial charge in [-0.1, -0.05) is 32.1 Å². The molecule has 0 bridgehead atoms. The summed E-state index contributed by atoms with van der Waals surface area (Å²) in [5.41, 5.74) is 9.30. The van der Waals surface area contributed by atoms with E-state index in [1.165, 1.54) is 0 Å². The minimum absolute atomic E-state index is 0.212. The summed E-state index contributed by atoms with van der Waals surface area (Å²) >= 11 is 0. The number of nitrogens with one attached hydrogen (secondary N) is 1. The Labute approximate surface area is 146 Å². The number of anilines is 1. The summed E-state index contributed by atoms with van der Waals surface area (Å²) in [7, 11) is 0. The second-order valence-corrected chi connectivity index (χ2v) is 6.48. The Balaban J connectivity index is 2.12. The number of carbonyl (C=O) groups is 1. The Bertz CT molecular complexity index is 942. The molecule has 2 aromatic heterocycles. The van der Waals surface area contributed by atoms with Crippen molar-refractivity contribution in [2.75, 3.05) is 12.3 Å². The van der Waals surface area contributed by atoms with Crippen molar-refractivity contribution in [2.24, 2.45) is 5.92 Å². The van der Waals surface area contributed by atoms with Gasteiger partial charge in [0, 0.05) is 13.1 Å². The fourth-order valence-corrected chi connectivity index (χ4v) is 2.82. The molecule has 0 fully saturated rings. The van der Waals surface area contributed by atoms with Crippen molar-refractivity contribution >= 4 is 33.9 Å². The standard InChI is InChI=1S/C19H23N5O/c1-4-11-24-17(20)15(19(25)21-10-9-12(2)3)16-18(24)23-14-8-6-5-7-13(14)22-16/h4-8,12H,1,9-11,20H2,2-3H3,(H,21,25). The van der Waals surface area contributed by atoms with E-state index in [0.717, 1.165) is 17.5 Å². The predicted octanol–water partition coefficient (Wildman–Crippen LogP) is 3.13. The van der Waals surface area contributed by atoms with Crippen LogP contribution >= 0.6 is 0 Å². The van der Waals surface area contributed by atoms with Crippen LogP contribution in [0.2, 0.25) is 0 Å². The van der Waals surface area contributed by atoms with Crippen LogP contribution in [-0.2, 0) is 6.54 Å². The van der Waals surface area contributed by atoms with Crippen LogP contribution in [0.5, 0.6) is 0 Å². The second-order valence-electron chi connectivity index (χ2n) is 6.48. The highest BCUT2D eigenvalue weighted by atomic mass is 16.1. The number of amides is 1. The number of nitrogens with zero attached hydrogens (tertiary/aromatic N) is 3. The molecule has 0 saturated carbocycles. The van der Waals surface area contributed by atoms with E-state index in [-0.39, 0.29) is 5.91 Å². The number of carbonyl (C=O) groups excluding carboxylic acids is 1. The van der Waals surface area contributed by atoms with Gasteiger partial charge in [-0.3, -0.25) is 4.79 Å². The molecule has 0 unspecified atom stereocenters. The van der Waals surface area contributed by atoms with Crippen LogP contribution in [0.3, 0.4) is 0 Å². The maximum absolute atomic E-state index is 12.7. The zero-order chi connectivity index (χ0) is 18.0. The van der Waals surface area contributed by atoms with Gasteiger partial charge < -0.3 is 15.6 Å².